The van der Waals surface area contributed by atoms with Crippen LogP contribution < -0.4 is 5.32 Å². The highest BCUT2D eigenvalue weighted by atomic mass is 16.5. The highest BCUT2D eigenvalue weighted by Crippen LogP contribution is 2.09. The van der Waals surface area contributed by atoms with Crippen LogP contribution in [-0.2, 0) is 4.74 Å². The summed E-state index contributed by atoms with van der Waals surface area (Å²) < 4.78 is 4.91. The Morgan fingerprint density at radius 2 is 2.21 bits per heavy atom. The number of aliphatic hydroxyl groups is 1. The number of hydrogen-bond acceptors (Lipinski definition) is 6. The molecule has 0 aromatic carbocycles. The summed E-state index contributed by atoms with van der Waals surface area (Å²) in [4.78, 5) is 19.9. The number of rotatable bonds is 8. The molecule has 19 heavy (non-hydrogen) atoms. The van der Waals surface area contributed by atoms with E-state index < -0.39 is 5.97 Å². The number of nitrogens with zero attached hydrogens (tertiary/aromatic N) is 2. The van der Waals surface area contributed by atoms with Gasteiger partial charge >= 0.3 is 5.97 Å². The zero-order valence-electron chi connectivity index (χ0n) is 11.5. The smallest absolute Gasteiger partial charge is 0.341 e. The molecular formula is C13H21N3O3. The standard InChI is InChI=1S/C13H21N3O3/c1-3-19-12(18)11-9-15-13(16-10(11)2)14-7-5-4-6-8-17/h9,17H,3-8H2,1-2H3,(H,14,15,16). The Morgan fingerprint density at radius 1 is 1.42 bits per heavy atom. The van der Waals surface area contributed by atoms with E-state index in [1.54, 1.807) is 13.8 Å². The highest BCUT2D eigenvalue weighted by molar-refractivity contribution is 5.90. The lowest BCUT2D eigenvalue weighted by Crippen LogP contribution is -2.12. The number of ether oxygens (including phenoxy) is 1. The lowest BCUT2D eigenvalue weighted by molar-refractivity contribution is 0.0524. The van der Waals surface area contributed by atoms with Gasteiger partial charge in [-0.25, -0.2) is 14.8 Å². The molecule has 0 aliphatic carbocycles. The van der Waals surface area contributed by atoms with Crippen molar-refractivity contribution in [1.82, 2.24) is 9.97 Å². The van der Waals surface area contributed by atoms with Crippen molar-refractivity contribution in [2.75, 3.05) is 25.1 Å². The number of aromatic nitrogens is 2. The first-order valence-corrected chi connectivity index (χ1v) is 6.54. The average molecular weight is 267 g/mol. The Morgan fingerprint density at radius 3 is 2.84 bits per heavy atom. The molecule has 0 spiro atoms. The molecule has 106 valence electrons. The lowest BCUT2D eigenvalue weighted by atomic mass is 10.2. The van der Waals surface area contributed by atoms with Gasteiger partial charge in [0.05, 0.1) is 17.9 Å². The maximum absolute atomic E-state index is 11.6. The van der Waals surface area contributed by atoms with Crippen molar-refractivity contribution >= 4 is 11.9 Å². The van der Waals surface area contributed by atoms with E-state index in [4.69, 9.17) is 9.84 Å². The van der Waals surface area contributed by atoms with Gasteiger partial charge in [-0.1, -0.05) is 0 Å². The van der Waals surface area contributed by atoms with Crippen LogP contribution in [0.15, 0.2) is 6.20 Å². The third kappa shape index (κ3) is 5.21. The van der Waals surface area contributed by atoms with Gasteiger partial charge in [0.2, 0.25) is 5.95 Å². The van der Waals surface area contributed by atoms with Crippen molar-refractivity contribution in [3.05, 3.63) is 17.5 Å². The molecule has 1 heterocycles. The van der Waals surface area contributed by atoms with Gasteiger partial charge in [-0.2, -0.15) is 0 Å². The minimum Gasteiger partial charge on any atom is -0.462 e. The van der Waals surface area contributed by atoms with E-state index in [0.29, 0.717) is 23.8 Å². The number of nitrogens with one attached hydrogen (secondary N) is 1. The summed E-state index contributed by atoms with van der Waals surface area (Å²) in [6, 6.07) is 0. The van der Waals surface area contributed by atoms with Crippen LogP contribution in [0.1, 0.15) is 42.2 Å². The molecule has 0 radical (unpaired) electrons. The Labute approximate surface area is 113 Å². The highest BCUT2D eigenvalue weighted by Gasteiger charge is 2.12. The number of carbonyl (C=O) groups excluding carboxylic acids is 1. The predicted molar refractivity (Wildman–Crippen MR) is 72.2 cm³/mol. The molecule has 0 aliphatic heterocycles. The second kappa shape index (κ2) is 8.42. The number of aryl methyl sites for hydroxylation is 1. The topological polar surface area (TPSA) is 84.3 Å². The van der Waals surface area contributed by atoms with Gasteiger partial charge in [0.25, 0.3) is 0 Å². The molecule has 0 fully saturated rings. The molecule has 0 bridgehead atoms. The van der Waals surface area contributed by atoms with Gasteiger partial charge in [-0.3, -0.25) is 0 Å². The summed E-state index contributed by atoms with van der Waals surface area (Å²) in [5, 5.41) is 11.7. The van der Waals surface area contributed by atoms with Crippen molar-refractivity contribution in [2.24, 2.45) is 0 Å². The monoisotopic (exact) mass is 267 g/mol. The van der Waals surface area contributed by atoms with Gasteiger partial charge in [-0.15, -0.1) is 0 Å². The van der Waals surface area contributed by atoms with E-state index in [9.17, 15) is 4.79 Å². The second-order valence-electron chi connectivity index (χ2n) is 4.12. The van der Waals surface area contributed by atoms with Crippen LogP contribution in [-0.4, -0.2) is 40.8 Å². The fraction of sp³-hybridized carbons (Fsp3) is 0.615. The number of esters is 1. The normalized spacial score (nSPS) is 10.3. The summed E-state index contributed by atoms with van der Waals surface area (Å²) in [5.74, 6) is 0.115. The van der Waals surface area contributed by atoms with Gasteiger partial charge in [-0.05, 0) is 33.1 Å². The third-order valence-corrected chi connectivity index (χ3v) is 2.59. The average Bonchev–Trinajstić information content (AvgIpc) is 2.39. The van der Waals surface area contributed by atoms with Crippen molar-refractivity contribution in [3.63, 3.8) is 0 Å². The first-order valence-electron chi connectivity index (χ1n) is 6.54. The number of carbonyl (C=O) groups is 1. The Hall–Kier alpha value is -1.69. The maximum atomic E-state index is 11.6. The van der Waals surface area contributed by atoms with Crippen molar-refractivity contribution in [3.8, 4) is 0 Å². The molecule has 0 amide bonds. The summed E-state index contributed by atoms with van der Waals surface area (Å²) in [7, 11) is 0. The number of unbranched alkanes of at least 4 members (excludes halogenated alkanes) is 2. The van der Waals surface area contributed by atoms with Crippen LogP contribution in [0.2, 0.25) is 0 Å². The van der Waals surface area contributed by atoms with Crippen LogP contribution in [0.25, 0.3) is 0 Å². The van der Waals surface area contributed by atoms with Crippen LogP contribution in [0.4, 0.5) is 5.95 Å². The SMILES string of the molecule is CCOC(=O)c1cnc(NCCCCCO)nc1C. The van der Waals surface area contributed by atoms with E-state index in [1.807, 2.05) is 0 Å². The molecule has 1 rings (SSSR count). The molecule has 6 nitrogen and oxygen atoms in total. The summed E-state index contributed by atoms with van der Waals surface area (Å²) in [6.07, 6.45) is 4.20. The lowest BCUT2D eigenvalue weighted by Gasteiger charge is -2.08. The predicted octanol–water partition coefficient (Wildman–Crippen LogP) is 1.54. The first-order chi connectivity index (χ1) is 9.19. The Balaban J connectivity index is 2.49. The minimum atomic E-state index is -0.394. The van der Waals surface area contributed by atoms with Crippen LogP contribution in [0, 0.1) is 6.92 Å². The zero-order chi connectivity index (χ0) is 14.1. The van der Waals surface area contributed by atoms with Gasteiger partial charge in [0.15, 0.2) is 0 Å². The minimum absolute atomic E-state index is 0.226. The molecule has 0 atom stereocenters. The van der Waals surface area contributed by atoms with E-state index >= 15 is 0 Å². The first kappa shape index (κ1) is 15.4. The van der Waals surface area contributed by atoms with E-state index in [2.05, 4.69) is 15.3 Å². The molecule has 0 aliphatic rings. The number of anilines is 1. The molecular weight excluding hydrogens is 246 g/mol. The molecule has 0 unspecified atom stereocenters. The van der Waals surface area contributed by atoms with Crippen LogP contribution in [0.3, 0.4) is 0 Å². The van der Waals surface area contributed by atoms with Crippen LogP contribution >= 0.6 is 0 Å². The van der Waals surface area contributed by atoms with Crippen molar-refractivity contribution < 1.29 is 14.6 Å². The van der Waals surface area contributed by atoms with Crippen LogP contribution in [0.5, 0.6) is 0 Å². The molecule has 1 aromatic rings. The van der Waals surface area contributed by atoms with Crippen molar-refractivity contribution in [1.29, 1.82) is 0 Å². The van der Waals surface area contributed by atoms with Gasteiger partial charge in [0.1, 0.15) is 0 Å². The second-order valence-corrected chi connectivity index (χ2v) is 4.12. The summed E-state index contributed by atoms with van der Waals surface area (Å²) in [6.45, 7) is 4.83. The fourth-order valence-corrected chi connectivity index (χ4v) is 1.58. The molecule has 0 saturated carbocycles. The Bertz CT molecular complexity index is 410. The zero-order valence-corrected chi connectivity index (χ0v) is 11.5. The third-order valence-electron chi connectivity index (χ3n) is 2.59. The number of hydrogen-bond donors (Lipinski definition) is 2. The molecule has 2 N–H and O–H groups in total. The maximum Gasteiger partial charge on any atom is 0.341 e. The van der Waals surface area contributed by atoms with E-state index in [0.717, 1.165) is 25.8 Å². The summed E-state index contributed by atoms with van der Waals surface area (Å²) >= 11 is 0. The summed E-state index contributed by atoms with van der Waals surface area (Å²) in [5.41, 5.74) is 0.999. The largest absolute Gasteiger partial charge is 0.462 e. The van der Waals surface area contributed by atoms with Crippen molar-refractivity contribution in [2.45, 2.75) is 33.1 Å². The van der Waals surface area contributed by atoms with Gasteiger partial charge in [0, 0.05) is 19.3 Å². The van der Waals surface area contributed by atoms with Gasteiger partial charge < -0.3 is 15.2 Å². The molecule has 1 aromatic heterocycles. The van der Waals surface area contributed by atoms with E-state index in [1.165, 1.54) is 6.20 Å². The molecule has 0 saturated heterocycles. The van der Waals surface area contributed by atoms with E-state index in [-0.39, 0.29) is 6.61 Å². The quantitative estimate of drug-likeness (QED) is 0.549. The molecule has 6 heteroatoms. The Kier molecular flexibility index (Phi) is 6.81. The fourth-order valence-electron chi connectivity index (χ4n) is 1.58. The number of aliphatic hydroxyl groups excluding tert-OH is 1.